The summed E-state index contributed by atoms with van der Waals surface area (Å²) in [4.78, 5) is 50.7. The van der Waals surface area contributed by atoms with Gasteiger partial charge in [0.05, 0.1) is 5.69 Å². The summed E-state index contributed by atoms with van der Waals surface area (Å²) in [7, 11) is 0. The van der Waals surface area contributed by atoms with Crippen molar-refractivity contribution in [2.45, 2.75) is 71.9 Å². The number of ether oxygens (including phenoxy) is 1. The number of carbonyl (C=O) groups is 4. The maximum absolute atomic E-state index is 13.0. The van der Waals surface area contributed by atoms with E-state index in [0.717, 1.165) is 17.7 Å². The highest BCUT2D eigenvalue weighted by Crippen LogP contribution is 2.43. The van der Waals surface area contributed by atoms with Crippen LogP contribution in [0, 0.1) is 18.3 Å². The quantitative estimate of drug-likeness (QED) is 0.537. The average molecular weight is 434 g/mol. The molecule has 1 unspecified atom stereocenters. The van der Waals surface area contributed by atoms with Gasteiger partial charge in [-0.1, -0.05) is 25.9 Å². The summed E-state index contributed by atoms with van der Waals surface area (Å²) in [5.41, 5.74) is -0.228. The van der Waals surface area contributed by atoms with Crippen molar-refractivity contribution in [3.8, 4) is 0 Å². The number of amides is 4. The standard InChI is InChI=1S/C21H30N4O6/c1-12-10-15(31-24-12)22-17(27)13(2)30-16(26)11-25-18(28)21(23-19(25)29)8-6-14(7-9-21)20(3,4)5/h10,13-14H,6-9,11H2,1-5H3,(H,22,27)(H,23,29). The molecule has 0 aromatic carbocycles. The third kappa shape index (κ3) is 4.88. The lowest BCUT2D eigenvalue weighted by atomic mass is 9.67. The van der Waals surface area contributed by atoms with Crippen LogP contribution in [-0.2, 0) is 19.1 Å². The van der Waals surface area contributed by atoms with Crippen LogP contribution in [0.3, 0.4) is 0 Å². The number of nitrogens with one attached hydrogen (secondary N) is 2. The van der Waals surface area contributed by atoms with Crippen LogP contribution >= 0.6 is 0 Å². The van der Waals surface area contributed by atoms with Crippen LogP contribution in [0.25, 0.3) is 0 Å². The van der Waals surface area contributed by atoms with E-state index >= 15 is 0 Å². The first-order valence-corrected chi connectivity index (χ1v) is 10.5. The monoisotopic (exact) mass is 434 g/mol. The van der Waals surface area contributed by atoms with Gasteiger partial charge >= 0.3 is 12.0 Å². The highest BCUT2D eigenvalue weighted by atomic mass is 16.5. The number of rotatable bonds is 5. The predicted molar refractivity (Wildman–Crippen MR) is 110 cm³/mol. The van der Waals surface area contributed by atoms with Gasteiger partial charge in [-0.3, -0.25) is 24.6 Å². The Labute approximate surface area is 181 Å². The van der Waals surface area contributed by atoms with Gasteiger partial charge in [-0.05, 0) is 50.9 Å². The summed E-state index contributed by atoms with van der Waals surface area (Å²) in [6.07, 6.45) is 1.59. The minimum Gasteiger partial charge on any atom is -0.451 e. The summed E-state index contributed by atoms with van der Waals surface area (Å²) >= 11 is 0. The topological polar surface area (TPSA) is 131 Å². The van der Waals surface area contributed by atoms with E-state index in [1.807, 2.05) is 0 Å². The molecule has 1 atom stereocenters. The van der Waals surface area contributed by atoms with Crippen LogP contribution in [0.1, 0.15) is 59.1 Å². The molecule has 2 fully saturated rings. The molecule has 31 heavy (non-hydrogen) atoms. The molecule has 1 aliphatic carbocycles. The number of urea groups is 1. The van der Waals surface area contributed by atoms with Crippen LogP contribution in [0.15, 0.2) is 10.6 Å². The van der Waals surface area contributed by atoms with Gasteiger partial charge in [0.15, 0.2) is 6.10 Å². The van der Waals surface area contributed by atoms with Gasteiger partial charge in [0.1, 0.15) is 12.1 Å². The van der Waals surface area contributed by atoms with E-state index in [2.05, 4.69) is 36.6 Å². The molecule has 170 valence electrons. The molecule has 1 saturated carbocycles. The van der Waals surface area contributed by atoms with Crippen molar-refractivity contribution < 1.29 is 28.4 Å². The van der Waals surface area contributed by atoms with E-state index < -0.39 is 42.0 Å². The van der Waals surface area contributed by atoms with Gasteiger partial charge < -0.3 is 14.6 Å². The van der Waals surface area contributed by atoms with Gasteiger partial charge in [-0.15, -0.1) is 0 Å². The Kier molecular flexibility index (Phi) is 6.11. The summed E-state index contributed by atoms with van der Waals surface area (Å²) in [6.45, 7) is 9.06. The van der Waals surface area contributed by atoms with Crippen LogP contribution < -0.4 is 10.6 Å². The normalized spacial score (nSPS) is 24.8. The van der Waals surface area contributed by atoms with Crippen molar-refractivity contribution >= 4 is 29.7 Å². The molecule has 10 heteroatoms. The first-order valence-electron chi connectivity index (χ1n) is 10.5. The maximum Gasteiger partial charge on any atom is 0.327 e. The van der Waals surface area contributed by atoms with Gasteiger partial charge in [-0.25, -0.2) is 4.79 Å². The Hall–Kier alpha value is -2.91. The lowest BCUT2D eigenvalue weighted by Crippen LogP contribution is -2.50. The average Bonchev–Trinajstić information content (AvgIpc) is 3.17. The summed E-state index contributed by atoms with van der Waals surface area (Å²) in [5.74, 6) is -1.27. The van der Waals surface area contributed by atoms with Gasteiger partial charge in [-0.2, -0.15) is 0 Å². The lowest BCUT2D eigenvalue weighted by molar-refractivity contribution is -0.155. The third-order valence-electron chi connectivity index (χ3n) is 6.15. The molecule has 1 aromatic rings. The van der Waals surface area contributed by atoms with E-state index in [0.29, 0.717) is 24.5 Å². The van der Waals surface area contributed by atoms with Gasteiger partial charge in [0, 0.05) is 6.07 Å². The smallest absolute Gasteiger partial charge is 0.327 e. The van der Waals surface area contributed by atoms with Crippen LogP contribution in [0.2, 0.25) is 0 Å². The molecule has 2 N–H and O–H groups in total. The Morgan fingerprint density at radius 1 is 1.35 bits per heavy atom. The zero-order valence-electron chi connectivity index (χ0n) is 18.6. The Morgan fingerprint density at radius 2 is 2.00 bits per heavy atom. The number of hydrogen-bond donors (Lipinski definition) is 2. The van der Waals surface area contributed by atoms with Crippen molar-refractivity contribution in [2.24, 2.45) is 11.3 Å². The molecule has 3 rings (SSSR count). The van der Waals surface area contributed by atoms with Crippen molar-refractivity contribution in [3.05, 3.63) is 11.8 Å². The maximum atomic E-state index is 13.0. The minimum absolute atomic E-state index is 0.132. The van der Waals surface area contributed by atoms with Gasteiger partial charge in [0.2, 0.25) is 5.88 Å². The van der Waals surface area contributed by atoms with Crippen LogP contribution in [0.4, 0.5) is 10.7 Å². The van der Waals surface area contributed by atoms with Gasteiger partial charge in [0.25, 0.3) is 11.8 Å². The molecule has 1 saturated heterocycles. The molecule has 2 heterocycles. The second-order valence-electron chi connectivity index (χ2n) is 9.50. The molecule has 0 bridgehead atoms. The largest absolute Gasteiger partial charge is 0.451 e. The van der Waals surface area contributed by atoms with Crippen molar-refractivity contribution in [2.75, 3.05) is 11.9 Å². The lowest BCUT2D eigenvalue weighted by Gasteiger charge is -2.40. The molecule has 1 aromatic heterocycles. The molecule has 1 spiro atoms. The molecule has 2 aliphatic rings. The first kappa shape index (κ1) is 22.8. The molecular weight excluding hydrogens is 404 g/mol. The number of anilines is 1. The van der Waals surface area contributed by atoms with Crippen molar-refractivity contribution in [3.63, 3.8) is 0 Å². The highest BCUT2D eigenvalue weighted by molar-refractivity contribution is 6.08. The summed E-state index contributed by atoms with van der Waals surface area (Å²) in [5, 5.41) is 8.87. The van der Waals surface area contributed by atoms with E-state index in [1.54, 1.807) is 6.92 Å². The fourth-order valence-corrected chi connectivity index (χ4v) is 4.20. The summed E-state index contributed by atoms with van der Waals surface area (Å²) < 4.78 is 9.99. The number of aryl methyl sites for hydroxylation is 1. The molecule has 0 radical (unpaired) electrons. The molecule has 1 aliphatic heterocycles. The fraction of sp³-hybridized carbons (Fsp3) is 0.667. The van der Waals surface area contributed by atoms with Crippen molar-refractivity contribution in [1.29, 1.82) is 0 Å². The zero-order chi connectivity index (χ0) is 23.0. The molecule has 10 nitrogen and oxygen atoms in total. The van der Waals surface area contributed by atoms with E-state index in [-0.39, 0.29) is 11.3 Å². The highest BCUT2D eigenvalue weighted by Gasteiger charge is 2.53. The number of esters is 1. The predicted octanol–water partition coefficient (Wildman–Crippen LogP) is 2.38. The van der Waals surface area contributed by atoms with Crippen LogP contribution in [-0.4, -0.2) is 52.1 Å². The summed E-state index contributed by atoms with van der Waals surface area (Å²) in [6, 6.07) is 0.915. The number of nitrogens with zero attached hydrogens (tertiary/aromatic N) is 2. The first-order chi connectivity index (χ1) is 14.4. The fourth-order valence-electron chi connectivity index (χ4n) is 4.20. The molecular formula is C21H30N4O6. The Morgan fingerprint density at radius 3 is 2.55 bits per heavy atom. The third-order valence-corrected chi connectivity index (χ3v) is 6.15. The van der Waals surface area contributed by atoms with E-state index in [9.17, 15) is 19.2 Å². The van der Waals surface area contributed by atoms with E-state index in [4.69, 9.17) is 9.26 Å². The Balaban J connectivity index is 1.55. The number of aromatic nitrogens is 1. The van der Waals surface area contributed by atoms with E-state index in [1.165, 1.54) is 13.0 Å². The second-order valence-corrected chi connectivity index (χ2v) is 9.50. The minimum atomic E-state index is -1.14. The molecule has 4 amide bonds. The number of carbonyl (C=O) groups excluding carboxylic acids is 4. The van der Waals surface area contributed by atoms with Crippen molar-refractivity contribution in [1.82, 2.24) is 15.4 Å². The number of hydrogen-bond acceptors (Lipinski definition) is 7. The number of imide groups is 1. The zero-order valence-corrected chi connectivity index (χ0v) is 18.6. The van der Waals surface area contributed by atoms with Crippen LogP contribution in [0.5, 0.6) is 0 Å². The SMILES string of the molecule is Cc1cc(NC(=O)C(C)OC(=O)CN2C(=O)NC3(CCC(C(C)(C)C)CC3)C2=O)on1. The second kappa shape index (κ2) is 8.32. The Bertz CT molecular complexity index is 879.